The average molecular weight is 497 g/mol. The Bertz CT molecular complexity index is 1260. The molecule has 1 fully saturated rings. The highest BCUT2D eigenvalue weighted by atomic mass is 19.4. The van der Waals surface area contributed by atoms with Crippen molar-refractivity contribution in [1.82, 2.24) is 9.97 Å². The highest BCUT2D eigenvalue weighted by molar-refractivity contribution is 6.05. The van der Waals surface area contributed by atoms with Crippen LogP contribution in [0.15, 0.2) is 67.0 Å². The Morgan fingerprint density at radius 2 is 1.67 bits per heavy atom. The van der Waals surface area contributed by atoms with E-state index in [1.54, 1.807) is 12.1 Å². The summed E-state index contributed by atoms with van der Waals surface area (Å²) in [5, 5.41) is 5.12. The van der Waals surface area contributed by atoms with E-state index >= 15 is 0 Å². The van der Waals surface area contributed by atoms with Gasteiger partial charge in [-0.1, -0.05) is 18.2 Å². The minimum Gasteiger partial charge on any atom is -0.378 e. The van der Waals surface area contributed by atoms with Crippen LogP contribution in [-0.4, -0.2) is 48.1 Å². The molecule has 1 aliphatic heterocycles. The van der Waals surface area contributed by atoms with Crippen molar-refractivity contribution in [3.8, 4) is 0 Å². The van der Waals surface area contributed by atoms with E-state index < -0.39 is 23.6 Å². The standard InChI is InChI=1S/C25H22F3N5O3/c26-25(27,28)19-5-2-6-20(14-19)32-23(35)18-4-1-3-17(13-18)7-8-22(34)31-21-15-29-24(30-16-21)33-9-11-36-12-10-33/h1-8,13-16H,9-12H2,(H,31,34)(H,32,35)/b8-7+. The molecule has 1 saturated heterocycles. The van der Waals surface area contributed by atoms with Crippen molar-refractivity contribution in [2.75, 3.05) is 41.8 Å². The molecule has 0 spiro atoms. The molecule has 0 bridgehead atoms. The van der Waals surface area contributed by atoms with E-state index in [1.807, 2.05) is 4.90 Å². The summed E-state index contributed by atoms with van der Waals surface area (Å²) >= 11 is 0. The monoisotopic (exact) mass is 497 g/mol. The Balaban J connectivity index is 1.35. The third-order valence-electron chi connectivity index (χ3n) is 5.22. The van der Waals surface area contributed by atoms with Gasteiger partial charge in [-0.25, -0.2) is 9.97 Å². The van der Waals surface area contributed by atoms with Crippen LogP contribution in [0.3, 0.4) is 0 Å². The first kappa shape index (κ1) is 24.9. The molecule has 2 aromatic carbocycles. The minimum atomic E-state index is -4.51. The zero-order valence-corrected chi connectivity index (χ0v) is 19.0. The predicted molar refractivity (Wildman–Crippen MR) is 129 cm³/mol. The lowest BCUT2D eigenvalue weighted by Gasteiger charge is -2.26. The Morgan fingerprint density at radius 3 is 2.39 bits per heavy atom. The summed E-state index contributed by atoms with van der Waals surface area (Å²) < 4.78 is 44.0. The van der Waals surface area contributed by atoms with Gasteiger partial charge in [-0.3, -0.25) is 9.59 Å². The van der Waals surface area contributed by atoms with Crippen LogP contribution < -0.4 is 15.5 Å². The first-order chi connectivity index (χ1) is 17.3. The molecule has 1 aromatic heterocycles. The molecule has 4 rings (SSSR count). The third kappa shape index (κ3) is 6.66. The fourth-order valence-corrected chi connectivity index (χ4v) is 3.43. The molecule has 36 heavy (non-hydrogen) atoms. The number of carbonyl (C=O) groups excluding carboxylic acids is 2. The average Bonchev–Trinajstić information content (AvgIpc) is 2.88. The lowest BCUT2D eigenvalue weighted by Crippen LogP contribution is -2.37. The Labute approximate surface area is 204 Å². The van der Waals surface area contributed by atoms with Crippen molar-refractivity contribution in [3.05, 3.63) is 83.7 Å². The van der Waals surface area contributed by atoms with Crippen LogP contribution >= 0.6 is 0 Å². The van der Waals surface area contributed by atoms with E-state index in [1.165, 1.54) is 48.8 Å². The molecule has 2 heterocycles. The smallest absolute Gasteiger partial charge is 0.378 e. The molecule has 186 valence electrons. The number of benzene rings is 2. The number of amides is 2. The summed E-state index contributed by atoms with van der Waals surface area (Å²) in [7, 11) is 0. The van der Waals surface area contributed by atoms with Gasteiger partial charge >= 0.3 is 6.18 Å². The summed E-state index contributed by atoms with van der Waals surface area (Å²) in [6.07, 6.45) is 1.33. The first-order valence-electron chi connectivity index (χ1n) is 11.0. The molecule has 2 N–H and O–H groups in total. The number of rotatable bonds is 6. The molecule has 0 aliphatic carbocycles. The Morgan fingerprint density at radius 1 is 0.944 bits per heavy atom. The van der Waals surface area contributed by atoms with Gasteiger partial charge in [-0.15, -0.1) is 0 Å². The number of halogens is 3. The Kier molecular flexibility index (Phi) is 7.59. The predicted octanol–water partition coefficient (Wildman–Crippen LogP) is 4.24. The lowest BCUT2D eigenvalue weighted by molar-refractivity contribution is -0.137. The van der Waals surface area contributed by atoms with Crippen molar-refractivity contribution in [1.29, 1.82) is 0 Å². The number of alkyl halides is 3. The molecule has 11 heteroatoms. The van der Waals surface area contributed by atoms with Crippen LogP contribution in [0.25, 0.3) is 6.08 Å². The second-order valence-corrected chi connectivity index (χ2v) is 7.85. The van der Waals surface area contributed by atoms with Gasteiger partial charge in [0.05, 0.1) is 36.9 Å². The fourth-order valence-electron chi connectivity index (χ4n) is 3.43. The number of aromatic nitrogens is 2. The molecule has 0 unspecified atom stereocenters. The molecule has 0 saturated carbocycles. The van der Waals surface area contributed by atoms with Crippen molar-refractivity contribution in [3.63, 3.8) is 0 Å². The highest BCUT2D eigenvalue weighted by Crippen LogP contribution is 2.30. The maximum absolute atomic E-state index is 12.9. The van der Waals surface area contributed by atoms with E-state index in [-0.39, 0.29) is 11.3 Å². The van der Waals surface area contributed by atoms with Crippen LogP contribution in [0, 0.1) is 0 Å². The topological polar surface area (TPSA) is 96.5 Å². The number of nitrogens with zero attached hydrogens (tertiary/aromatic N) is 3. The van der Waals surface area contributed by atoms with Crippen molar-refractivity contribution >= 4 is 35.2 Å². The van der Waals surface area contributed by atoms with Crippen molar-refractivity contribution in [2.45, 2.75) is 6.18 Å². The highest BCUT2D eigenvalue weighted by Gasteiger charge is 2.30. The van der Waals surface area contributed by atoms with Gasteiger partial charge in [0.2, 0.25) is 11.9 Å². The fraction of sp³-hybridized carbons (Fsp3) is 0.200. The lowest BCUT2D eigenvalue weighted by atomic mass is 10.1. The maximum atomic E-state index is 12.9. The van der Waals surface area contributed by atoms with Gasteiger partial charge in [0.1, 0.15) is 0 Å². The van der Waals surface area contributed by atoms with Gasteiger partial charge in [-0.2, -0.15) is 13.2 Å². The zero-order chi connectivity index (χ0) is 25.5. The van der Waals surface area contributed by atoms with E-state index in [0.29, 0.717) is 43.5 Å². The molecule has 0 atom stereocenters. The summed E-state index contributed by atoms with van der Waals surface area (Å²) in [4.78, 5) is 35.4. The molecule has 2 amide bonds. The molecule has 3 aromatic rings. The molecule has 1 aliphatic rings. The third-order valence-corrected chi connectivity index (χ3v) is 5.22. The summed E-state index contributed by atoms with van der Waals surface area (Å²) in [5.74, 6) is -0.435. The first-order valence-corrected chi connectivity index (χ1v) is 11.0. The van der Waals surface area contributed by atoms with E-state index in [0.717, 1.165) is 12.1 Å². The number of nitrogens with one attached hydrogen (secondary N) is 2. The van der Waals surface area contributed by atoms with E-state index in [4.69, 9.17) is 4.74 Å². The molecule has 0 radical (unpaired) electrons. The zero-order valence-electron chi connectivity index (χ0n) is 19.0. The number of carbonyl (C=O) groups is 2. The van der Waals surface area contributed by atoms with Gasteiger partial charge in [0.15, 0.2) is 0 Å². The normalized spacial score (nSPS) is 14.0. The van der Waals surface area contributed by atoms with Crippen LogP contribution in [0.1, 0.15) is 21.5 Å². The van der Waals surface area contributed by atoms with Gasteiger partial charge in [0, 0.05) is 30.4 Å². The second-order valence-electron chi connectivity index (χ2n) is 7.85. The van der Waals surface area contributed by atoms with Crippen LogP contribution in [-0.2, 0) is 15.7 Å². The van der Waals surface area contributed by atoms with Crippen LogP contribution in [0.4, 0.5) is 30.5 Å². The maximum Gasteiger partial charge on any atom is 0.416 e. The number of anilines is 3. The number of hydrogen-bond acceptors (Lipinski definition) is 6. The molecular formula is C25H22F3N5O3. The Hall–Kier alpha value is -4.25. The van der Waals surface area contributed by atoms with Crippen LogP contribution in [0.2, 0.25) is 0 Å². The van der Waals surface area contributed by atoms with Gasteiger partial charge < -0.3 is 20.3 Å². The number of ether oxygens (including phenoxy) is 1. The second kappa shape index (κ2) is 11.0. The number of hydrogen-bond donors (Lipinski definition) is 2. The SMILES string of the molecule is O=C(/C=C/c1cccc(C(=O)Nc2cccc(C(F)(F)F)c2)c1)Nc1cnc(N2CCOCC2)nc1. The van der Waals surface area contributed by atoms with Crippen molar-refractivity contribution in [2.24, 2.45) is 0 Å². The van der Waals surface area contributed by atoms with Crippen molar-refractivity contribution < 1.29 is 27.5 Å². The molecular weight excluding hydrogens is 475 g/mol. The minimum absolute atomic E-state index is 0.0250. The summed E-state index contributed by atoms with van der Waals surface area (Å²) in [6, 6.07) is 10.7. The summed E-state index contributed by atoms with van der Waals surface area (Å²) in [5.41, 5.74) is 0.375. The molecule has 8 nitrogen and oxygen atoms in total. The van der Waals surface area contributed by atoms with E-state index in [2.05, 4.69) is 20.6 Å². The van der Waals surface area contributed by atoms with Crippen LogP contribution in [0.5, 0.6) is 0 Å². The quantitative estimate of drug-likeness (QED) is 0.495. The largest absolute Gasteiger partial charge is 0.416 e. The van der Waals surface area contributed by atoms with E-state index in [9.17, 15) is 22.8 Å². The number of morpholine rings is 1. The van der Waals surface area contributed by atoms with Gasteiger partial charge in [0.25, 0.3) is 5.91 Å². The summed E-state index contributed by atoms with van der Waals surface area (Å²) in [6.45, 7) is 2.62. The van der Waals surface area contributed by atoms with Gasteiger partial charge in [-0.05, 0) is 42.0 Å².